The minimum atomic E-state index is 0.940. The predicted octanol–water partition coefficient (Wildman–Crippen LogP) is 1.73. The number of aryl methyl sites for hydroxylation is 1. The van der Waals surface area contributed by atoms with Gasteiger partial charge in [0.2, 0.25) is 0 Å². The Bertz CT molecular complexity index is 406. The molecule has 3 heteroatoms. The van der Waals surface area contributed by atoms with Crippen molar-refractivity contribution in [3.63, 3.8) is 0 Å². The van der Waals surface area contributed by atoms with Crippen molar-refractivity contribution in [2.75, 3.05) is 50.7 Å². The van der Waals surface area contributed by atoms with Gasteiger partial charge in [-0.2, -0.15) is 0 Å². The van der Waals surface area contributed by atoms with Gasteiger partial charge in [0.25, 0.3) is 0 Å². The molecule has 0 atom stereocenters. The van der Waals surface area contributed by atoms with Crippen LogP contribution in [0.3, 0.4) is 0 Å². The van der Waals surface area contributed by atoms with E-state index in [0.717, 1.165) is 5.92 Å². The lowest BCUT2D eigenvalue weighted by molar-refractivity contribution is 0.216. The van der Waals surface area contributed by atoms with E-state index in [1.54, 1.807) is 0 Å². The van der Waals surface area contributed by atoms with Crippen molar-refractivity contribution < 1.29 is 0 Å². The molecule has 2 saturated heterocycles. The van der Waals surface area contributed by atoms with Gasteiger partial charge < -0.3 is 10.2 Å². The van der Waals surface area contributed by atoms with Crippen molar-refractivity contribution >= 4 is 5.69 Å². The number of hydrogen-bond donors (Lipinski definition) is 1. The highest BCUT2D eigenvalue weighted by Crippen LogP contribution is 2.18. The standard InChI is InChI=1S/C16H25N3/c1-14-3-2-4-16(11-14)19-9-7-18(8-10-19)6-5-15-12-17-13-15/h2-4,11,15,17H,5-10,12-13H2,1H3. The lowest BCUT2D eigenvalue weighted by Gasteiger charge is -2.37. The molecule has 0 spiro atoms. The van der Waals surface area contributed by atoms with Gasteiger partial charge in [-0.05, 0) is 56.6 Å². The van der Waals surface area contributed by atoms with Crippen LogP contribution in [-0.4, -0.2) is 50.7 Å². The highest BCUT2D eigenvalue weighted by atomic mass is 15.3. The number of rotatable bonds is 4. The Morgan fingerprint density at radius 3 is 2.58 bits per heavy atom. The molecule has 0 radical (unpaired) electrons. The quantitative estimate of drug-likeness (QED) is 0.888. The molecule has 3 rings (SSSR count). The summed E-state index contributed by atoms with van der Waals surface area (Å²) in [7, 11) is 0. The van der Waals surface area contributed by atoms with Crippen LogP contribution in [0.4, 0.5) is 5.69 Å². The summed E-state index contributed by atoms with van der Waals surface area (Å²) in [5.74, 6) is 0.940. The van der Waals surface area contributed by atoms with Crippen molar-refractivity contribution in [3.05, 3.63) is 29.8 Å². The first-order valence-electron chi connectivity index (χ1n) is 7.56. The van der Waals surface area contributed by atoms with E-state index in [1.165, 1.54) is 63.5 Å². The SMILES string of the molecule is Cc1cccc(N2CCN(CCC3CNC3)CC2)c1. The molecular formula is C16H25N3. The summed E-state index contributed by atoms with van der Waals surface area (Å²) in [6.45, 7) is 10.7. The fourth-order valence-corrected chi connectivity index (χ4v) is 2.97. The number of anilines is 1. The van der Waals surface area contributed by atoms with E-state index in [4.69, 9.17) is 0 Å². The number of nitrogens with zero attached hydrogens (tertiary/aromatic N) is 2. The number of nitrogens with one attached hydrogen (secondary N) is 1. The molecule has 104 valence electrons. The molecule has 19 heavy (non-hydrogen) atoms. The van der Waals surface area contributed by atoms with Gasteiger partial charge in [-0.25, -0.2) is 0 Å². The van der Waals surface area contributed by atoms with E-state index in [2.05, 4.69) is 46.3 Å². The van der Waals surface area contributed by atoms with Gasteiger partial charge in [-0.15, -0.1) is 0 Å². The van der Waals surface area contributed by atoms with Gasteiger partial charge in [0, 0.05) is 31.9 Å². The van der Waals surface area contributed by atoms with E-state index in [-0.39, 0.29) is 0 Å². The molecule has 1 aromatic carbocycles. The average Bonchev–Trinajstić information content (AvgIpc) is 2.38. The highest BCUT2D eigenvalue weighted by Gasteiger charge is 2.20. The van der Waals surface area contributed by atoms with Crippen LogP contribution in [0.2, 0.25) is 0 Å². The second-order valence-electron chi connectivity index (χ2n) is 5.98. The van der Waals surface area contributed by atoms with Crippen LogP contribution in [-0.2, 0) is 0 Å². The van der Waals surface area contributed by atoms with Gasteiger partial charge in [0.1, 0.15) is 0 Å². The third-order valence-electron chi connectivity index (χ3n) is 4.46. The Morgan fingerprint density at radius 2 is 1.95 bits per heavy atom. The van der Waals surface area contributed by atoms with Gasteiger partial charge in [-0.3, -0.25) is 4.90 Å². The zero-order chi connectivity index (χ0) is 13.1. The summed E-state index contributed by atoms with van der Waals surface area (Å²) in [4.78, 5) is 5.15. The minimum absolute atomic E-state index is 0.940. The van der Waals surface area contributed by atoms with E-state index < -0.39 is 0 Å². The Kier molecular flexibility index (Phi) is 4.04. The second kappa shape index (κ2) is 5.93. The molecule has 0 amide bonds. The van der Waals surface area contributed by atoms with Gasteiger partial charge in [0.15, 0.2) is 0 Å². The van der Waals surface area contributed by atoms with Crippen molar-refractivity contribution in [3.8, 4) is 0 Å². The summed E-state index contributed by atoms with van der Waals surface area (Å²) in [5.41, 5.74) is 2.75. The molecule has 0 unspecified atom stereocenters. The molecule has 0 aromatic heterocycles. The smallest absolute Gasteiger partial charge is 0.0369 e. The lowest BCUT2D eigenvalue weighted by atomic mass is 9.99. The average molecular weight is 259 g/mol. The molecule has 2 heterocycles. The van der Waals surface area contributed by atoms with E-state index in [0.29, 0.717) is 0 Å². The van der Waals surface area contributed by atoms with Crippen LogP contribution in [0, 0.1) is 12.8 Å². The number of piperazine rings is 1. The summed E-state index contributed by atoms with van der Waals surface area (Å²) >= 11 is 0. The summed E-state index contributed by atoms with van der Waals surface area (Å²) in [5, 5.41) is 3.36. The van der Waals surface area contributed by atoms with Crippen LogP contribution < -0.4 is 10.2 Å². The first-order chi connectivity index (χ1) is 9.31. The molecule has 0 saturated carbocycles. The monoisotopic (exact) mass is 259 g/mol. The first-order valence-corrected chi connectivity index (χ1v) is 7.56. The Morgan fingerprint density at radius 1 is 1.16 bits per heavy atom. The Hall–Kier alpha value is -1.06. The minimum Gasteiger partial charge on any atom is -0.369 e. The van der Waals surface area contributed by atoms with Crippen LogP contribution in [0.15, 0.2) is 24.3 Å². The van der Waals surface area contributed by atoms with Gasteiger partial charge in [0.05, 0.1) is 0 Å². The van der Waals surface area contributed by atoms with Gasteiger partial charge in [-0.1, -0.05) is 12.1 Å². The fraction of sp³-hybridized carbons (Fsp3) is 0.625. The Labute approximate surface area is 116 Å². The van der Waals surface area contributed by atoms with Crippen molar-refractivity contribution in [1.29, 1.82) is 0 Å². The first kappa shape index (κ1) is 12.9. The predicted molar refractivity (Wildman–Crippen MR) is 80.8 cm³/mol. The zero-order valence-corrected chi connectivity index (χ0v) is 11.9. The Balaban J connectivity index is 1.46. The molecule has 1 N–H and O–H groups in total. The lowest BCUT2D eigenvalue weighted by Crippen LogP contribution is -2.48. The van der Waals surface area contributed by atoms with Crippen molar-refractivity contribution in [1.82, 2.24) is 10.2 Å². The normalized spacial score (nSPS) is 21.4. The van der Waals surface area contributed by atoms with E-state index >= 15 is 0 Å². The van der Waals surface area contributed by atoms with Crippen LogP contribution in [0.1, 0.15) is 12.0 Å². The van der Waals surface area contributed by atoms with Crippen molar-refractivity contribution in [2.24, 2.45) is 5.92 Å². The van der Waals surface area contributed by atoms with Crippen molar-refractivity contribution in [2.45, 2.75) is 13.3 Å². The summed E-state index contributed by atoms with van der Waals surface area (Å²) < 4.78 is 0. The largest absolute Gasteiger partial charge is 0.369 e. The highest BCUT2D eigenvalue weighted by molar-refractivity contribution is 5.48. The molecule has 1 aromatic rings. The second-order valence-corrected chi connectivity index (χ2v) is 5.98. The maximum absolute atomic E-state index is 3.36. The van der Waals surface area contributed by atoms with Crippen LogP contribution in [0.25, 0.3) is 0 Å². The van der Waals surface area contributed by atoms with Crippen LogP contribution in [0.5, 0.6) is 0 Å². The van der Waals surface area contributed by atoms with Crippen LogP contribution >= 0.6 is 0 Å². The maximum atomic E-state index is 3.36. The maximum Gasteiger partial charge on any atom is 0.0369 e. The molecule has 2 aliphatic rings. The van der Waals surface area contributed by atoms with E-state index in [1.807, 2.05) is 0 Å². The van der Waals surface area contributed by atoms with E-state index in [9.17, 15) is 0 Å². The molecule has 2 fully saturated rings. The molecular weight excluding hydrogens is 234 g/mol. The molecule has 3 nitrogen and oxygen atoms in total. The summed E-state index contributed by atoms with van der Waals surface area (Å²) in [6, 6.07) is 8.88. The number of benzene rings is 1. The fourth-order valence-electron chi connectivity index (χ4n) is 2.97. The number of hydrogen-bond acceptors (Lipinski definition) is 3. The third-order valence-corrected chi connectivity index (χ3v) is 4.46. The summed E-state index contributed by atoms with van der Waals surface area (Å²) in [6.07, 6.45) is 1.37. The topological polar surface area (TPSA) is 18.5 Å². The third kappa shape index (κ3) is 3.28. The molecule has 0 bridgehead atoms. The molecule has 0 aliphatic carbocycles. The zero-order valence-electron chi connectivity index (χ0n) is 11.9. The van der Waals surface area contributed by atoms with Gasteiger partial charge >= 0.3 is 0 Å². The molecule has 2 aliphatic heterocycles.